The molecule has 4 nitrogen and oxygen atoms in total. The van der Waals surface area contributed by atoms with Crippen LogP contribution in [0.3, 0.4) is 0 Å². The Labute approximate surface area is 105 Å². The van der Waals surface area contributed by atoms with E-state index in [1.165, 1.54) is 0 Å². The smallest absolute Gasteiger partial charge is 0.210 e. The van der Waals surface area contributed by atoms with Crippen LogP contribution in [0.5, 0.6) is 0 Å². The first kappa shape index (κ1) is 12.4. The van der Waals surface area contributed by atoms with Gasteiger partial charge in [0.05, 0.1) is 5.39 Å². The summed E-state index contributed by atoms with van der Waals surface area (Å²) in [5.41, 5.74) is 0.334. The predicted molar refractivity (Wildman–Crippen MR) is 71.4 cm³/mol. The van der Waals surface area contributed by atoms with E-state index in [-0.39, 0.29) is 11.0 Å². The lowest BCUT2D eigenvalue weighted by Gasteiger charge is -2.20. The number of hydrogen-bond acceptors (Lipinski definition) is 4. The number of nitrogens with zero attached hydrogens (tertiary/aromatic N) is 1. The summed E-state index contributed by atoms with van der Waals surface area (Å²) in [6, 6.07) is 6.96. The minimum absolute atomic E-state index is 0.0948. The third-order valence-electron chi connectivity index (χ3n) is 2.98. The van der Waals surface area contributed by atoms with Gasteiger partial charge in [0.1, 0.15) is 11.1 Å². The van der Waals surface area contributed by atoms with Gasteiger partial charge in [-0.15, -0.1) is 0 Å². The van der Waals surface area contributed by atoms with E-state index >= 15 is 0 Å². The van der Waals surface area contributed by atoms with Crippen molar-refractivity contribution < 1.29 is 9.21 Å². The van der Waals surface area contributed by atoms with Gasteiger partial charge < -0.3 is 9.32 Å². The summed E-state index contributed by atoms with van der Waals surface area (Å²) in [4.78, 5) is 25.2. The van der Waals surface area contributed by atoms with Crippen molar-refractivity contribution in [2.45, 2.75) is 13.8 Å². The van der Waals surface area contributed by atoms with E-state index in [9.17, 15) is 9.59 Å². The quantitative estimate of drug-likeness (QED) is 0.776. The molecule has 0 radical (unpaired) electrons. The Morgan fingerprint density at radius 2 is 1.89 bits per heavy atom. The van der Waals surface area contributed by atoms with Gasteiger partial charge in [-0.1, -0.05) is 12.1 Å². The van der Waals surface area contributed by atoms with Crippen molar-refractivity contribution in [1.29, 1.82) is 0 Å². The van der Waals surface area contributed by atoms with Gasteiger partial charge in [0, 0.05) is 13.1 Å². The van der Waals surface area contributed by atoms with Crippen LogP contribution in [0.25, 0.3) is 11.0 Å². The van der Waals surface area contributed by atoms with Gasteiger partial charge in [-0.2, -0.15) is 0 Å². The molecular weight excluding hydrogens is 230 g/mol. The van der Waals surface area contributed by atoms with E-state index in [1.807, 2.05) is 18.7 Å². The van der Waals surface area contributed by atoms with Crippen LogP contribution in [0, 0.1) is 0 Å². The number of anilines is 1. The van der Waals surface area contributed by atoms with Crippen LogP contribution in [0.15, 0.2) is 33.5 Å². The van der Waals surface area contributed by atoms with Gasteiger partial charge in [0.2, 0.25) is 11.3 Å². The second kappa shape index (κ2) is 5.04. The SMILES string of the molecule is CCN(CC)c1oc2ccccc2c(=O)c1C=O. The molecule has 1 heterocycles. The van der Waals surface area contributed by atoms with Crippen LogP contribution >= 0.6 is 0 Å². The maximum absolute atomic E-state index is 12.2. The largest absolute Gasteiger partial charge is 0.439 e. The van der Waals surface area contributed by atoms with Gasteiger partial charge in [0.25, 0.3) is 0 Å². The lowest BCUT2D eigenvalue weighted by atomic mass is 10.1. The Morgan fingerprint density at radius 3 is 2.50 bits per heavy atom. The molecule has 18 heavy (non-hydrogen) atoms. The molecular formula is C14H15NO3. The molecule has 0 amide bonds. The standard InChI is InChI=1S/C14H15NO3/c1-3-15(4-2)14-11(9-16)13(17)10-7-5-6-8-12(10)18-14/h5-9H,3-4H2,1-2H3. The number of rotatable bonds is 4. The zero-order valence-electron chi connectivity index (χ0n) is 10.5. The van der Waals surface area contributed by atoms with Crippen molar-refractivity contribution >= 4 is 23.1 Å². The minimum atomic E-state index is -0.270. The van der Waals surface area contributed by atoms with Gasteiger partial charge in [0.15, 0.2) is 6.29 Å². The third-order valence-corrected chi connectivity index (χ3v) is 2.98. The zero-order chi connectivity index (χ0) is 13.1. The van der Waals surface area contributed by atoms with Gasteiger partial charge >= 0.3 is 0 Å². The van der Waals surface area contributed by atoms with Crippen LogP contribution in [0.4, 0.5) is 5.88 Å². The van der Waals surface area contributed by atoms with Crippen molar-refractivity contribution in [2.75, 3.05) is 18.0 Å². The average Bonchev–Trinajstić information content (AvgIpc) is 2.41. The highest BCUT2D eigenvalue weighted by molar-refractivity contribution is 5.89. The van der Waals surface area contributed by atoms with Crippen LogP contribution in [0.1, 0.15) is 24.2 Å². The molecule has 4 heteroatoms. The van der Waals surface area contributed by atoms with Crippen molar-refractivity contribution in [3.8, 4) is 0 Å². The second-order valence-electron chi connectivity index (χ2n) is 3.94. The molecule has 0 N–H and O–H groups in total. The monoisotopic (exact) mass is 245 g/mol. The highest BCUT2D eigenvalue weighted by Crippen LogP contribution is 2.22. The van der Waals surface area contributed by atoms with Crippen LogP contribution in [0.2, 0.25) is 0 Å². The molecule has 1 aromatic carbocycles. The fraction of sp³-hybridized carbons (Fsp3) is 0.286. The van der Waals surface area contributed by atoms with E-state index in [0.717, 1.165) is 0 Å². The summed E-state index contributed by atoms with van der Waals surface area (Å²) in [5, 5.41) is 0.440. The Morgan fingerprint density at radius 1 is 1.22 bits per heavy atom. The molecule has 0 atom stereocenters. The van der Waals surface area contributed by atoms with Crippen molar-refractivity contribution in [1.82, 2.24) is 0 Å². The molecule has 0 bridgehead atoms. The first-order valence-corrected chi connectivity index (χ1v) is 5.98. The number of carbonyl (C=O) groups is 1. The summed E-state index contributed by atoms with van der Waals surface area (Å²) in [7, 11) is 0. The molecule has 2 aromatic rings. The molecule has 1 aromatic heterocycles. The minimum Gasteiger partial charge on any atom is -0.439 e. The zero-order valence-corrected chi connectivity index (χ0v) is 10.5. The van der Waals surface area contributed by atoms with Gasteiger partial charge in [-0.25, -0.2) is 0 Å². The normalized spacial score (nSPS) is 10.6. The van der Waals surface area contributed by atoms with E-state index in [1.54, 1.807) is 24.3 Å². The van der Waals surface area contributed by atoms with Crippen molar-refractivity contribution in [3.05, 3.63) is 40.1 Å². The molecule has 94 valence electrons. The lowest BCUT2D eigenvalue weighted by molar-refractivity contribution is 0.112. The summed E-state index contributed by atoms with van der Waals surface area (Å²) in [5.74, 6) is 0.360. The Kier molecular flexibility index (Phi) is 3.46. The molecule has 2 rings (SSSR count). The van der Waals surface area contributed by atoms with Crippen LogP contribution in [-0.4, -0.2) is 19.4 Å². The number of aldehydes is 1. The fourth-order valence-corrected chi connectivity index (χ4v) is 1.99. The Hall–Kier alpha value is -2.10. The van der Waals surface area contributed by atoms with Gasteiger partial charge in [-0.3, -0.25) is 9.59 Å². The number of benzene rings is 1. The fourth-order valence-electron chi connectivity index (χ4n) is 1.99. The predicted octanol–water partition coefficient (Wildman–Crippen LogP) is 2.45. The van der Waals surface area contributed by atoms with Crippen molar-refractivity contribution in [3.63, 3.8) is 0 Å². The van der Waals surface area contributed by atoms with Crippen LogP contribution in [-0.2, 0) is 0 Å². The van der Waals surface area contributed by atoms with E-state index in [2.05, 4.69) is 0 Å². The molecule has 0 aliphatic carbocycles. The van der Waals surface area contributed by atoms with E-state index < -0.39 is 0 Å². The van der Waals surface area contributed by atoms with E-state index in [4.69, 9.17) is 4.42 Å². The molecule has 0 fully saturated rings. The second-order valence-corrected chi connectivity index (χ2v) is 3.94. The molecule has 0 spiro atoms. The Balaban J connectivity index is 2.80. The van der Waals surface area contributed by atoms with Crippen molar-refractivity contribution in [2.24, 2.45) is 0 Å². The molecule has 0 saturated heterocycles. The Bertz CT molecular complexity index is 626. The first-order valence-electron chi connectivity index (χ1n) is 5.98. The number of fused-ring (bicyclic) bond motifs is 1. The number of carbonyl (C=O) groups excluding carboxylic acids is 1. The lowest BCUT2D eigenvalue weighted by Crippen LogP contribution is -2.26. The van der Waals surface area contributed by atoms with Gasteiger partial charge in [-0.05, 0) is 26.0 Å². The number of hydrogen-bond donors (Lipinski definition) is 0. The molecule has 0 saturated carbocycles. The number of para-hydroxylation sites is 1. The average molecular weight is 245 g/mol. The summed E-state index contributed by atoms with van der Waals surface area (Å²) in [6.07, 6.45) is 0.575. The molecule has 0 unspecified atom stereocenters. The molecule has 0 aliphatic rings. The highest BCUT2D eigenvalue weighted by Gasteiger charge is 2.17. The maximum Gasteiger partial charge on any atom is 0.210 e. The summed E-state index contributed by atoms with van der Waals surface area (Å²) >= 11 is 0. The van der Waals surface area contributed by atoms with E-state index in [0.29, 0.717) is 36.2 Å². The van der Waals surface area contributed by atoms with Crippen LogP contribution < -0.4 is 10.3 Å². The molecule has 0 aliphatic heterocycles. The highest BCUT2D eigenvalue weighted by atomic mass is 16.4. The maximum atomic E-state index is 12.2. The first-order chi connectivity index (χ1) is 8.72. The summed E-state index contributed by atoms with van der Waals surface area (Å²) < 4.78 is 5.70. The topological polar surface area (TPSA) is 50.5 Å². The third kappa shape index (κ3) is 1.90. The summed E-state index contributed by atoms with van der Waals surface area (Å²) in [6.45, 7) is 5.26.